The zero-order valence-electron chi connectivity index (χ0n) is 15.6. The second-order valence-corrected chi connectivity index (χ2v) is 8.37. The van der Waals surface area contributed by atoms with E-state index in [0.717, 1.165) is 56.5 Å². The summed E-state index contributed by atoms with van der Waals surface area (Å²) in [6, 6.07) is 4.94. The van der Waals surface area contributed by atoms with Gasteiger partial charge in [0.1, 0.15) is 5.82 Å². The predicted molar refractivity (Wildman–Crippen MR) is 106 cm³/mol. The standard InChI is InChI=1S/C19H30N4OS/c1-4-17-14-22(7-8-23(17)15(2)3)19(24)16-5-6-18(20-13-16)21-9-11-25-12-10-21/h5-6,13,15,17H,4,7-12,14H2,1-3H3. The fourth-order valence-electron chi connectivity index (χ4n) is 3.77. The molecular weight excluding hydrogens is 332 g/mol. The first-order valence-electron chi connectivity index (χ1n) is 9.44. The van der Waals surface area contributed by atoms with Crippen molar-refractivity contribution in [2.24, 2.45) is 0 Å². The quantitative estimate of drug-likeness (QED) is 0.823. The van der Waals surface area contributed by atoms with Crippen LogP contribution in [0.4, 0.5) is 5.82 Å². The molecule has 25 heavy (non-hydrogen) atoms. The molecule has 0 spiro atoms. The Hall–Kier alpha value is -1.27. The maximum absolute atomic E-state index is 12.9. The molecule has 1 unspecified atom stereocenters. The van der Waals surface area contributed by atoms with Crippen molar-refractivity contribution in [1.29, 1.82) is 0 Å². The Balaban J connectivity index is 1.64. The Bertz CT molecular complexity index is 571. The summed E-state index contributed by atoms with van der Waals surface area (Å²) in [6.07, 6.45) is 2.83. The van der Waals surface area contributed by atoms with Gasteiger partial charge in [0.2, 0.25) is 0 Å². The topological polar surface area (TPSA) is 39.7 Å². The molecule has 2 saturated heterocycles. The van der Waals surface area contributed by atoms with Crippen molar-refractivity contribution in [2.75, 3.05) is 49.1 Å². The Morgan fingerprint density at radius 1 is 1.24 bits per heavy atom. The predicted octanol–water partition coefficient (Wildman–Crippen LogP) is 2.58. The van der Waals surface area contributed by atoms with E-state index in [-0.39, 0.29) is 5.91 Å². The average molecular weight is 363 g/mol. The van der Waals surface area contributed by atoms with E-state index in [4.69, 9.17) is 0 Å². The number of anilines is 1. The third-order valence-electron chi connectivity index (χ3n) is 5.28. The van der Waals surface area contributed by atoms with Crippen LogP contribution in [-0.2, 0) is 0 Å². The van der Waals surface area contributed by atoms with Gasteiger partial charge in [-0.25, -0.2) is 4.98 Å². The van der Waals surface area contributed by atoms with Crippen LogP contribution in [0.1, 0.15) is 37.6 Å². The van der Waals surface area contributed by atoms with E-state index < -0.39 is 0 Å². The first-order valence-corrected chi connectivity index (χ1v) is 10.6. The summed E-state index contributed by atoms with van der Waals surface area (Å²) in [7, 11) is 0. The molecule has 1 amide bonds. The van der Waals surface area contributed by atoms with Crippen LogP contribution in [0.5, 0.6) is 0 Å². The monoisotopic (exact) mass is 362 g/mol. The first-order chi connectivity index (χ1) is 12.1. The molecule has 1 aromatic heterocycles. The lowest BCUT2D eigenvalue weighted by molar-refractivity contribution is 0.0371. The number of nitrogens with zero attached hydrogens (tertiary/aromatic N) is 4. The lowest BCUT2D eigenvalue weighted by Gasteiger charge is -2.43. The molecule has 0 saturated carbocycles. The van der Waals surface area contributed by atoms with Crippen LogP contribution in [0.15, 0.2) is 18.3 Å². The van der Waals surface area contributed by atoms with Gasteiger partial charge >= 0.3 is 0 Å². The molecule has 3 heterocycles. The number of carbonyl (C=O) groups is 1. The van der Waals surface area contributed by atoms with Crippen molar-refractivity contribution in [3.05, 3.63) is 23.9 Å². The number of pyridine rings is 1. The highest BCUT2D eigenvalue weighted by molar-refractivity contribution is 7.99. The highest BCUT2D eigenvalue weighted by atomic mass is 32.2. The Kier molecular flexibility index (Phi) is 6.23. The zero-order chi connectivity index (χ0) is 17.8. The molecule has 0 N–H and O–H groups in total. The first kappa shape index (κ1) is 18.5. The Morgan fingerprint density at radius 3 is 2.60 bits per heavy atom. The SMILES string of the molecule is CCC1CN(C(=O)c2ccc(N3CCSCC3)nc2)CCN1C(C)C. The van der Waals surface area contributed by atoms with Gasteiger partial charge in [-0.05, 0) is 32.4 Å². The summed E-state index contributed by atoms with van der Waals surface area (Å²) < 4.78 is 0. The Labute approximate surface area is 155 Å². The van der Waals surface area contributed by atoms with Crippen LogP contribution in [0.25, 0.3) is 0 Å². The van der Waals surface area contributed by atoms with E-state index in [1.54, 1.807) is 6.20 Å². The number of thioether (sulfide) groups is 1. The fourth-order valence-corrected chi connectivity index (χ4v) is 4.67. The zero-order valence-corrected chi connectivity index (χ0v) is 16.5. The van der Waals surface area contributed by atoms with Crippen LogP contribution < -0.4 is 4.90 Å². The minimum atomic E-state index is 0.120. The maximum atomic E-state index is 12.9. The number of piperazine rings is 1. The summed E-state index contributed by atoms with van der Waals surface area (Å²) in [4.78, 5) is 24.3. The molecule has 0 radical (unpaired) electrons. The van der Waals surface area contributed by atoms with Gasteiger partial charge in [0.25, 0.3) is 5.91 Å². The third kappa shape index (κ3) is 4.29. The molecule has 138 valence electrons. The molecule has 2 fully saturated rings. The van der Waals surface area contributed by atoms with Crippen molar-refractivity contribution >= 4 is 23.5 Å². The van der Waals surface area contributed by atoms with Crippen molar-refractivity contribution in [2.45, 2.75) is 39.3 Å². The van der Waals surface area contributed by atoms with E-state index in [9.17, 15) is 4.79 Å². The van der Waals surface area contributed by atoms with Crippen LogP contribution in [0, 0.1) is 0 Å². The number of amides is 1. The molecular formula is C19H30N4OS. The van der Waals surface area contributed by atoms with Gasteiger partial charge < -0.3 is 9.80 Å². The van der Waals surface area contributed by atoms with Gasteiger partial charge in [-0.2, -0.15) is 11.8 Å². The van der Waals surface area contributed by atoms with Crippen molar-refractivity contribution in [1.82, 2.24) is 14.8 Å². The molecule has 3 rings (SSSR count). The highest BCUT2D eigenvalue weighted by Crippen LogP contribution is 2.20. The smallest absolute Gasteiger partial charge is 0.255 e. The van der Waals surface area contributed by atoms with E-state index in [1.807, 2.05) is 28.8 Å². The number of aromatic nitrogens is 1. The van der Waals surface area contributed by atoms with Crippen molar-refractivity contribution in [3.8, 4) is 0 Å². The molecule has 0 aromatic carbocycles. The van der Waals surface area contributed by atoms with Gasteiger partial charge in [0, 0.05) is 62.5 Å². The fraction of sp³-hybridized carbons (Fsp3) is 0.684. The number of rotatable bonds is 4. The second-order valence-electron chi connectivity index (χ2n) is 7.15. The lowest BCUT2D eigenvalue weighted by Crippen LogP contribution is -2.56. The Morgan fingerprint density at radius 2 is 2.00 bits per heavy atom. The number of carbonyl (C=O) groups excluding carboxylic acids is 1. The van der Waals surface area contributed by atoms with Crippen molar-refractivity contribution < 1.29 is 4.79 Å². The highest BCUT2D eigenvalue weighted by Gasteiger charge is 2.30. The van der Waals surface area contributed by atoms with E-state index in [0.29, 0.717) is 17.6 Å². The molecule has 1 aromatic rings. The van der Waals surface area contributed by atoms with Crippen LogP contribution >= 0.6 is 11.8 Å². The molecule has 2 aliphatic heterocycles. The largest absolute Gasteiger partial charge is 0.355 e. The van der Waals surface area contributed by atoms with Crippen LogP contribution in [0.2, 0.25) is 0 Å². The number of hydrogen-bond donors (Lipinski definition) is 0. The summed E-state index contributed by atoms with van der Waals surface area (Å²) in [5.41, 5.74) is 0.711. The molecule has 2 aliphatic rings. The normalized spacial score (nSPS) is 22.5. The average Bonchev–Trinajstić information content (AvgIpc) is 2.67. The number of hydrogen-bond acceptors (Lipinski definition) is 5. The van der Waals surface area contributed by atoms with Gasteiger partial charge in [-0.3, -0.25) is 9.69 Å². The van der Waals surface area contributed by atoms with Gasteiger partial charge in [-0.1, -0.05) is 6.92 Å². The minimum absolute atomic E-state index is 0.120. The van der Waals surface area contributed by atoms with E-state index in [2.05, 4.69) is 35.6 Å². The lowest BCUT2D eigenvalue weighted by atomic mass is 10.1. The van der Waals surface area contributed by atoms with Gasteiger partial charge in [0.05, 0.1) is 5.56 Å². The summed E-state index contributed by atoms with van der Waals surface area (Å²) in [5.74, 6) is 3.42. The molecule has 0 aliphatic carbocycles. The molecule has 1 atom stereocenters. The molecule has 6 heteroatoms. The third-order valence-corrected chi connectivity index (χ3v) is 6.22. The second kappa shape index (κ2) is 8.41. The van der Waals surface area contributed by atoms with E-state index in [1.165, 1.54) is 0 Å². The molecule has 5 nitrogen and oxygen atoms in total. The van der Waals surface area contributed by atoms with Crippen LogP contribution in [-0.4, -0.2) is 77.0 Å². The van der Waals surface area contributed by atoms with E-state index >= 15 is 0 Å². The van der Waals surface area contributed by atoms with Crippen molar-refractivity contribution in [3.63, 3.8) is 0 Å². The summed E-state index contributed by atoms with van der Waals surface area (Å²) in [5, 5.41) is 0. The van der Waals surface area contributed by atoms with Crippen LogP contribution in [0.3, 0.4) is 0 Å². The molecule has 0 bridgehead atoms. The maximum Gasteiger partial charge on any atom is 0.255 e. The van der Waals surface area contributed by atoms with Gasteiger partial charge in [0.15, 0.2) is 0 Å². The summed E-state index contributed by atoms with van der Waals surface area (Å²) >= 11 is 1.99. The minimum Gasteiger partial charge on any atom is -0.355 e. The summed E-state index contributed by atoms with van der Waals surface area (Å²) in [6.45, 7) is 11.3. The van der Waals surface area contributed by atoms with Gasteiger partial charge in [-0.15, -0.1) is 0 Å².